The molecule has 1 unspecified atom stereocenters. The molecular formula is C20H28IN5OS. The summed E-state index contributed by atoms with van der Waals surface area (Å²) in [5.74, 6) is 0.689. The van der Waals surface area contributed by atoms with Gasteiger partial charge in [0.1, 0.15) is 6.10 Å². The number of halogens is 1. The van der Waals surface area contributed by atoms with Crippen LogP contribution in [0.3, 0.4) is 0 Å². The third-order valence-corrected chi connectivity index (χ3v) is 6.00. The number of fused-ring (bicyclic) bond motifs is 1. The fourth-order valence-corrected chi connectivity index (χ4v) is 4.22. The maximum absolute atomic E-state index is 10.5. The van der Waals surface area contributed by atoms with E-state index in [1.165, 1.54) is 21.3 Å². The van der Waals surface area contributed by atoms with Gasteiger partial charge in [0.2, 0.25) is 0 Å². The van der Waals surface area contributed by atoms with Crippen molar-refractivity contribution in [1.82, 2.24) is 20.4 Å². The van der Waals surface area contributed by atoms with Crippen molar-refractivity contribution in [2.24, 2.45) is 12.0 Å². The Labute approximate surface area is 187 Å². The van der Waals surface area contributed by atoms with Crippen LogP contribution in [0.1, 0.15) is 27.9 Å². The Bertz CT molecular complexity index is 916. The number of thiophene rings is 1. The first-order chi connectivity index (χ1) is 13.0. The molecule has 0 aliphatic carbocycles. The number of nitrogens with one attached hydrogen (secondary N) is 2. The number of aliphatic imine (C=N–C) groups is 1. The summed E-state index contributed by atoms with van der Waals surface area (Å²) in [6.45, 7) is 5.30. The average molecular weight is 513 g/mol. The van der Waals surface area contributed by atoms with Crippen molar-refractivity contribution < 1.29 is 5.11 Å². The van der Waals surface area contributed by atoms with Crippen LogP contribution in [0.2, 0.25) is 0 Å². The largest absolute Gasteiger partial charge is 0.386 e. The van der Waals surface area contributed by atoms with Crippen molar-refractivity contribution >= 4 is 51.4 Å². The van der Waals surface area contributed by atoms with Gasteiger partial charge in [-0.25, -0.2) is 0 Å². The number of aliphatic hydroxyl groups excluding tert-OH is 1. The number of hydrogen-bond acceptors (Lipinski definition) is 4. The van der Waals surface area contributed by atoms with Crippen LogP contribution in [0.4, 0.5) is 0 Å². The second kappa shape index (κ2) is 10.2. The molecule has 0 aliphatic heterocycles. The minimum atomic E-state index is -0.566. The van der Waals surface area contributed by atoms with Gasteiger partial charge in [-0.3, -0.25) is 9.67 Å². The highest BCUT2D eigenvalue weighted by molar-refractivity contribution is 14.0. The van der Waals surface area contributed by atoms with E-state index in [4.69, 9.17) is 0 Å². The van der Waals surface area contributed by atoms with Crippen molar-refractivity contribution in [3.63, 3.8) is 0 Å². The van der Waals surface area contributed by atoms with Gasteiger partial charge in [-0.15, -0.1) is 35.3 Å². The van der Waals surface area contributed by atoms with Gasteiger partial charge in [-0.1, -0.05) is 18.2 Å². The Hall–Kier alpha value is -1.65. The number of benzene rings is 1. The van der Waals surface area contributed by atoms with Crippen molar-refractivity contribution in [3.05, 3.63) is 52.2 Å². The van der Waals surface area contributed by atoms with Crippen molar-refractivity contribution in [1.29, 1.82) is 0 Å². The van der Waals surface area contributed by atoms with Crippen molar-refractivity contribution in [3.8, 4) is 0 Å². The molecule has 3 N–H and O–H groups in total. The molecule has 0 saturated heterocycles. The molecule has 2 heterocycles. The van der Waals surface area contributed by atoms with E-state index in [1.807, 2.05) is 30.8 Å². The normalized spacial score (nSPS) is 12.7. The minimum Gasteiger partial charge on any atom is -0.386 e. The average Bonchev–Trinajstić information content (AvgIpc) is 3.20. The minimum absolute atomic E-state index is 0. The fourth-order valence-electron chi connectivity index (χ4n) is 3.17. The molecule has 3 aromatic rings. The van der Waals surface area contributed by atoms with Crippen molar-refractivity contribution in [2.45, 2.75) is 26.4 Å². The molecule has 152 valence electrons. The molecule has 3 rings (SSSR count). The second-order valence-electron chi connectivity index (χ2n) is 6.61. The summed E-state index contributed by atoms with van der Waals surface area (Å²) in [5.41, 5.74) is 3.53. The highest BCUT2D eigenvalue weighted by Crippen LogP contribution is 2.29. The first-order valence-corrected chi connectivity index (χ1v) is 9.91. The zero-order chi connectivity index (χ0) is 19.4. The van der Waals surface area contributed by atoms with Gasteiger partial charge in [0.05, 0.1) is 5.69 Å². The monoisotopic (exact) mass is 513 g/mol. The summed E-state index contributed by atoms with van der Waals surface area (Å²) in [6.07, 6.45) is 0.314. The molecule has 0 fully saturated rings. The topological polar surface area (TPSA) is 74.5 Å². The molecule has 2 aromatic heterocycles. The van der Waals surface area contributed by atoms with Gasteiger partial charge in [0.15, 0.2) is 5.96 Å². The first-order valence-electron chi connectivity index (χ1n) is 9.09. The standard InChI is InChI=1S/C20H27N5OS.HI/c1-13-16(14(2)25(4)24-13)9-10-22-20(21-3)23-12-17(26)19-11-15-7-5-6-8-18(15)27-19;/h5-8,11,17,26H,9-10,12H2,1-4H3,(H2,21,22,23);1H. The molecule has 0 aliphatic rings. The van der Waals surface area contributed by atoms with Crippen LogP contribution in [-0.2, 0) is 13.5 Å². The number of hydrogen-bond donors (Lipinski definition) is 3. The van der Waals surface area contributed by atoms with Crippen LogP contribution in [-0.4, -0.2) is 41.0 Å². The lowest BCUT2D eigenvalue weighted by Crippen LogP contribution is -2.40. The molecule has 0 saturated carbocycles. The summed E-state index contributed by atoms with van der Waals surface area (Å²) >= 11 is 1.63. The number of aliphatic hydroxyl groups is 1. The third kappa shape index (κ3) is 5.24. The van der Waals surface area contributed by atoms with Gasteiger partial charge in [-0.05, 0) is 43.4 Å². The molecule has 0 spiro atoms. The summed E-state index contributed by atoms with van der Waals surface area (Å²) in [5, 5.41) is 22.6. The lowest BCUT2D eigenvalue weighted by molar-refractivity contribution is 0.184. The Morgan fingerprint density at radius 1 is 1.29 bits per heavy atom. The fraction of sp³-hybridized carbons (Fsp3) is 0.400. The number of guanidine groups is 1. The number of nitrogens with zero attached hydrogens (tertiary/aromatic N) is 3. The van der Waals surface area contributed by atoms with E-state index in [1.54, 1.807) is 18.4 Å². The van der Waals surface area contributed by atoms with E-state index < -0.39 is 6.10 Å². The van der Waals surface area contributed by atoms with Gasteiger partial charge < -0.3 is 15.7 Å². The van der Waals surface area contributed by atoms with Crippen LogP contribution >= 0.6 is 35.3 Å². The Balaban J connectivity index is 0.00000280. The van der Waals surface area contributed by atoms with E-state index in [2.05, 4.69) is 45.8 Å². The predicted octanol–water partition coefficient (Wildman–Crippen LogP) is 3.31. The lowest BCUT2D eigenvalue weighted by atomic mass is 10.1. The molecule has 0 amide bonds. The maximum atomic E-state index is 10.5. The zero-order valence-electron chi connectivity index (χ0n) is 16.7. The van der Waals surface area contributed by atoms with E-state index in [0.717, 1.165) is 23.5 Å². The Morgan fingerprint density at radius 3 is 2.68 bits per heavy atom. The summed E-state index contributed by atoms with van der Waals surface area (Å²) in [4.78, 5) is 5.20. The van der Waals surface area contributed by atoms with Crippen molar-refractivity contribution in [2.75, 3.05) is 20.1 Å². The zero-order valence-corrected chi connectivity index (χ0v) is 19.8. The number of aryl methyl sites for hydroxylation is 2. The van der Waals surface area contributed by atoms with Gasteiger partial charge in [-0.2, -0.15) is 5.10 Å². The molecule has 0 bridgehead atoms. The molecule has 28 heavy (non-hydrogen) atoms. The molecular weight excluding hydrogens is 485 g/mol. The van der Waals surface area contributed by atoms with Crippen LogP contribution in [0.15, 0.2) is 35.3 Å². The molecule has 0 radical (unpaired) electrons. The molecule has 1 atom stereocenters. The Morgan fingerprint density at radius 2 is 2.04 bits per heavy atom. The first kappa shape index (κ1) is 22.6. The summed E-state index contributed by atoms with van der Waals surface area (Å²) in [6, 6.07) is 10.2. The van der Waals surface area contributed by atoms with Crippen LogP contribution in [0, 0.1) is 13.8 Å². The van der Waals surface area contributed by atoms with Crippen LogP contribution < -0.4 is 10.6 Å². The van der Waals surface area contributed by atoms with E-state index in [9.17, 15) is 5.11 Å². The lowest BCUT2D eigenvalue weighted by Gasteiger charge is -2.14. The van der Waals surface area contributed by atoms with Crippen LogP contribution in [0.5, 0.6) is 0 Å². The second-order valence-corrected chi connectivity index (χ2v) is 7.72. The van der Waals surface area contributed by atoms with Gasteiger partial charge in [0, 0.05) is 42.5 Å². The number of aromatic nitrogens is 2. The predicted molar refractivity (Wildman–Crippen MR) is 128 cm³/mol. The molecule has 8 heteroatoms. The quantitative estimate of drug-likeness (QED) is 0.269. The maximum Gasteiger partial charge on any atom is 0.191 e. The number of rotatable bonds is 6. The third-order valence-electron chi connectivity index (χ3n) is 4.79. The smallest absolute Gasteiger partial charge is 0.191 e. The van der Waals surface area contributed by atoms with Gasteiger partial charge >= 0.3 is 0 Å². The van der Waals surface area contributed by atoms with E-state index in [-0.39, 0.29) is 24.0 Å². The van der Waals surface area contributed by atoms with Gasteiger partial charge in [0.25, 0.3) is 0 Å². The molecule has 1 aromatic carbocycles. The highest BCUT2D eigenvalue weighted by atomic mass is 127. The highest BCUT2D eigenvalue weighted by Gasteiger charge is 2.13. The van der Waals surface area contributed by atoms with Crippen LogP contribution in [0.25, 0.3) is 10.1 Å². The Kier molecular flexibility index (Phi) is 8.26. The molecule has 6 nitrogen and oxygen atoms in total. The summed E-state index contributed by atoms with van der Waals surface area (Å²) in [7, 11) is 3.71. The summed E-state index contributed by atoms with van der Waals surface area (Å²) < 4.78 is 3.11. The van der Waals surface area contributed by atoms with E-state index >= 15 is 0 Å². The SMILES string of the molecule is CN=C(NCCc1c(C)nn(C)c1C)NCC(O)c1cc2ccccc2s1.I. The van der Waals surface area contributed by atoms with E-state index in [0.29, 0.717) is 12.5 Å².